The second-order valence-electron chi connectivity index (χ2n) is 8.97. The number of guanidine groups is 1. The predicted molar refractivity (Wildman–Crippen MR) is 130 cm³/mol. The van der Waals surface area contributed by atoms with E-state index >= 15 is 0 Å². The van der Waals surface area contributed by atoms with Gasteiger partial charge in [-0.05, 0) is 64.3 Å². The van der Waals surface area contributed by atoms with Crippen LogP contribution in [-0.2, 0) is 9.53 Å². The first-order valence-corrected chi connectivity index (χ1v) is 11.9. The normalized spacial score (nSPS) is 21.5. The number of aryl methyl sites for hydroxylation is 1. The van der Waals surface area contributed by atoms with Crippen LogP contribution in [0.5, 0.6) is 0 Å². The van der Waals surface area contributed by atoms with Crippen molar-refractivity contribution in [1.82, 2.24) is 14.9 Å². The van der Waals surface area contributed by atoms with Gasteiger partial charge in [0.2, 0.25) is 17.8 Å². The second kappa shape index (κ2) is 10.9. The number of carbonyl (C=O) groups excluding carboxylic acids is 1. The average molecular weight is 488 g/mol. The fourth-order valence-corrected chi connectivity index (χ4v) is 4.69. The van der Waals surface area contributed by atoms with Crippen molar-refractivity contribution in [3.63, 3.8) is 0 Å². The van der Waals surface area contributed by atoms with Gasteiger partial charge in [0, 0.05) is 31.2 Å². The number of benzene rings is 1. The van der Waals surface area contributed by atoms with E-state index in [0.29, 0.717) is 56.4 Å². The number of hydrogen-bond donors (Lipinski definition) is 3. The van der Waals surface area contributed by atoms with Gasteiger partial charge in [0.05, 0.1) is 5.69 Å². The molecule has 9 nitrogen and oxygen atoms in total. The molecule has 0 bridgehead atoms. The van der Waals surface area contributed by atoms with Gasteiger partial charge in [0.15, 0.2) is 5.82 Å². The second-order valence-corrected chi connectivity index (χ2v) is 8.97. The first kappa shape index (κ1) is 24.8. The van der Waals surface area contributed by atoms with Gasteiger partial charge in [-0.15, -0.1) is 0 Å². The first-order valence-electron chi connectivity index (χ1n) is 11.9. The molecular weight excluding hydrogens is 456 g/mol. The Bertz CT molecular complexity index is 1080. The lowest BCUT2D eigenvalue weighted by Gasteiger charge is -2.29. The summed E-state index contributed by atoms with van der Waals surface area (Å²) in [5.74, 6) is -0.840. The predicted octanol–water partition coefficient (Wildman–Crippen LogP) is 3.89. The lowest BCUT2D eigenvalue weighted by molar-refractivity contribution is -0.122. The standard InChI is InChI=1S/C24H31F2N7O2/c1-14-22(32-23(28-2)30-16-10-12-35-13-11-16)33(17-8-6-15(7-9-17)21(27)34)24(29-14)31-20-18(25)4-3-5-19(20)26/h3-5,15-17H,2,6-13H2,1H3,(H2,27,34)(H,29,31)(H,30,32)/t15-,17+. The van der Waals surface area contributed by atoms with Crippen LogP contribution in [0.2, 0.25) is 0 Å². The van der Waals surface area contributed by atoms with Gasteiger partial charge in [-0.1, -0.05) is 6.07 Å². The van der Waals surface area contributed by atoms with Gasteiger partial charge in [0.1, 0.15) is 17.3 Å². The molecule has 2 heterocycles. The molecule has 0 atom stereocenters. The van der Waals surface area contributed by atoms with Gasteiger partial charge in [-0.3, -0.25) is 9.36 Å². The van der Waals surface area contributed by atoms with Crippen molar-refractivity contribution in [3.05, 3.63) is 35.5 Å². The van der Waals surface area contributed by atoms with E-state index in [1.165, 1.54) is 18.2 Å². The van der Waals surface area contributed by atoms with Gasteiger partial charge >= 0.3 is 0 Å². The summed E-state index contributed by atoms with van der Waals surface area (Å²) in [6, 6.07) is 3.72. The molecule has 188 valence electrons. The molecule has 1 aliphatic carbocycles. The van der Waals surface area contributed by atoms with Crippen LogP contribution in [0.15, 0.2) is 28.2 Å². The number of rotatable bonds is 6. The van der Waals surface area contributed by atoms with Crippen LogP contribution in [0, 0.1) is 24.5 Å². The Balaban J connectivity index is 1.71. The van der Waals surface area contributed by atoms with Gasteiger partial charge in [-0.25, -0.2) is 18.8 Å². The Kier molecular flexibility index (Phi) is 7.74. The molecule has 2 aliphatic rings. The Hall–Kier alpha value is -3.34. The Morgan fingerprint density at radius 2 is 1.83 bits per heavy atom. The number of primary amides is 1. The fraction of sp³-hybridized carbons (Fsp3) is 0.500. The lowest BCUT2D eigenvalue weighted by Crippen LogP contribution is -2.38. The van der Waals surface area contributed by atoms with Crippen molar-refractivity contribution < 1.29 is 18.3 Å². The zero-order valence-electron chi connectivity index (χ0n) is 19.8. The average Bonchev–Trinajstić information content (AvgIpc) is 3.16. The van der Waals surface area contributed by atoms with Crippen molar-refractivity contribution in [3.8, 4) is 0 Å². The highest BCUT2D eigenvalue weighted by Crippen LogP contribution is 2.39. The van der Waals surface area contributed by atoms with Crippen molar-refractivity contribution in [2.75, 3.05) is 18.5 Å². The molecule has 0 spiro atoms. The molecule has 1 saturated carbocycles. The number of imidazole rings is 1. The van der Waals surface area contributed by atoms with Crippen LogP contribution >= 0.6 is 0 Å². The molecule has 1 saturated heterocycles. The molecular formula is C24H31F2N7O2. The molecule has 1 aromatic carbocycles. The molecule has 11 heteroatoms. The van der Waals surface area contributed by atoms with Crippen LogP contribution in [0.1, 0.15) is 50.3 Å². The van der Waals surface area contributed by atoms with Gasteiger partial charge < -0.3 is 21.1 Å². The van der Waals surface area contributed by atoms with E-state index in [0.717, 1.165) is 12.8 Å². The van der Waals surface area contributed by atoms with Crippen LogP contribution in [0.25, 0.3) is 0 Å². The number of anilines is 2. The maximum absolute atomic E-state index is 14.4. The third-order valence-electron chi connectivity index (χ3n) is 6.63. The van der Waals surface area contributed by atoms with Gasteiger partial charge in [-0.2, -0.15) is 4.99 Å². The molecule has 2 aromatic rings. The topological polar surface area (TPSA) is 119 Å². The third kappa shape index (κ3) is 5.67. The summed E-state index contributed by atoms with van der Waals surface area (Å²) >= 11 is 0. The van der Waals surface area contributed by atoms with E-state index < -0.39 is 11.6 Å². The quantitative estimate of drug-likeness (QED) is 0.422. The summed E-state index contributed by atoms with van der Waals surface area (Å²) in [6.07, 6.45) is 4.16. The summed E-state index contributed by atoms with van der Waals surface area (Å²) in [5.41, 5.74) is 5.79. The highest BCUT2D eigenvalue weighted by Gasteiger charge is 2.30. The number of para-hydroxylation sites is 1. The number of ether oxygens (including phenoxy) is 1. The largest absolute Gasteiger partial charge is 0.381 e. The summed E-state index contributed by atoms with van der Waals surface area (Å²) in [7, 11) is 0. The fourth-order valence-electron chi connectivity index (χ4n) is 4.69. The summed E-state index contributed by atoms with van der Waals surface area (Å²) in [6.45, 7) is 6.75. The van der Waals surface area contributed by atoms with Crippen molar-refractivity contribution in [1.29, 1.82) is 0 Å². The number of hydrogen-bond acceptors (Lipinski definition) is 5. The van der Waals surface area contributed by atoms with Crippen LogP contribution in [0.3, 0.4) is 0 Å². The van der Waals surface area contributed by atoms with E-state index in [9.17, 15) is 13.6 Å². The van der Waals surface area contributed by atoms with Crippen LogP contribution < -0.4 is 16.4 Å². The Labute approximate surface area is 202 Å². The minimum absolute atomic E-state index is 0.1000. The van der Waals surface area contributed by atoms with E-state index in [4.69, 9.17) is 15.5 Å². The SMILES string of the molecule is C=N/C(=N\c1c(C)nc(Nc2c(F)cccc2F)n1[C@H]1CC[C@@H](C(N)=O)CC1)NC1CCOCC1. The minimum atomic E-state index is -0.727. The number of amides is 1. The zero-order valence-corrected chi connectivity index (χ0v) is 19.8. The number of carbonyl (C=O) groups is 1. The maximum atomic E-state index is 14.4. The summed E-state index contributed by atoms with van der Waals surface area (Å²) in [4.78, 5) is 25.0. The lowest BCUT2D eigenvalue weighted by atomic mass is 9.85. The zero-order chi connectivity index (χ0) is 24.9. The van der Waals surface area contributed by atoms with Crippen molar-refractivity contribution >= 4 is 36.0 Å². The Morgan fingerprint density at radius 3 is 2.43 bits per heavy atom. The number of aliphatic imine (C=N–C) groups is 2. The summed E-state index contributed by atoms with van der Waals surface area (Å²) < 4.78 is 36.1. The monoisotopic (exact) mass is 487 g/mol. The highest BCUT2D eigenvalue weighted by molar-refractivity contribution is 5.86. The van der Waals surface area contributed by atoms with Crippen LogP contribution in [0.4, 0.5) is 26.2 Å². The van der Waals surface area contributed by atoms with E-state index in [-0.39, 0.29) is 35.5 Å². The Morgan fingerprint density at radius 1 is 1.17 bits per heavy atom. The van der Waals surface area contributed by atoms with Crippen molar-refractivity contribution in [2.24, 2.45) is 21.6 Å². The smallest absolute Gasteiger partial charge is 0.224 e. The number of aromatic nitrogens is 2. The molecule has 1 aromatic heterocycles. The molecule has 35 heavy (non-hydrogen) atoms. The van der Waals surface area contributed by atoms with E-state index in [1.807, 2.05) is 4.57 Å². The van der Waals surface area contributed by atoms with Crippen LogP contribution in [-0.4, -0.2) is 47.4 Å². The summed E-state index contributed by atoms with van der Waals surface area (Å²) in [5, 5.41) is 6.14. The van der Waals surface area contributed by atoms with E-state index in [1.54, 1.807) is 6.92 Å². The first-order chi connectivity index (χ1) is 16.9. The molecule has 0 unspecified atom stereocenters. The number of nitrogens with zero attached hydrogens (tertiary/aromatic N) is 4. The molecule has 1 aliphatic heterocycles. The third-order valence-corrected chi connectivity index (χ3v) is 6.63. The number of nitrogens with two attached hydrogens (primary N) is 1. The number of nitrogens with one attached hydrogen (secondary N) is 2. The molecule has 2 fully saturated rings. The molecule has 4 rings (SSSR count). The molecule has 0 radical (unpaired) electrons. The minimum Gasteiger partial charge on any atom is -0.381 e. The van der Waals surface area contributed by atoms with Crippen molar-refractivity contribution in [2.45, 2.75) is 57.5 Å². The highest BCUT2D eigenvalue weighted by atomic mass is 19.1. The molecule has 4 N–H and O–H groups in total. The maximum Gasteiger partial charge on any atom is 0.224 e. The van der Waals surface area contributed by atoms with Gasteiger partial charge in [0.25, 0.3) is 0 Å². The van der Waals surface area contributed by atoms with E-state index in [2.05, 4.69) is 27.3 Å². The molecule has 1 amide bonds. The number of halogens is 2.